The fourth-order valence-corrected chi connectivity index (χ4v) is 2.21. The summed E-state index contributed by atoms with van der Waals surface area (Å²) in [6, 6.07) is 4.95. The van der Waals surface area contributed by atoms with Crippen LogP contribution < -0.4 is 5.32 Å². The Kier molecular flexibility index (Phi) is 3.70. The second-order valence-corrected chi connectivity index (χ2v) is 5.07. The highest BCUT2D eigenvalue weighted by Gasteiger charge is 2.12. The van der Waals surface area contributed by atoms with Crippen molar-refractivity contribution in [3.63, 3.8) is 0 Å². The van der Waals surface area contributed by atoms with Crippen LogP contribution >= 0.6 is 27.3 Å². The Labute approximate surface area is 110 Å². The van der Waals surface area contributed by atoms with Crippen molar-refractivity contribution in [3.05, 3.63) is 49.4 Å². The highest BCUT2D eigenvalue weighted by atomic mass is 79.9. The number of hydrogen-bond donors (Lipinski definition) is 1. The Hall–Kier alpha value is -1.47. The number of nitrogens with one attached hydrogen (secondary N) is 1. The van der Waals surface area contributed by atoms with Gasteiger partial charge in [0.25, 0.3) is 5.69 Å². The smallest absolute Gasteiger partial charge is 0.285 e. The van der Waals surface area contributed by atoms with Crippen molar-refractivity contribution in [3.8, 4) is 0 Å². The SMILES string of the molecule is O=[N+]([O-])c1cc(NCc2cncs2)ccc1Br. The van der Waals surface area contributed by atoms with Crippen molar-refractivity contribution >= 4 is 38.6 Å². The maximum Gasteiger partial charge on any atom is 0.285 e. The summed E-state index contributed by atoms with van der Waals surface area (Å²) in [7, 11) is 0. The van der Waals surface area contributed by atoms with Crippen LogP contribution in [-0.4, -0.2) is 9.91 Å². The monoisotopic (exact) mass is 313 g/mol. The molecule has 1 aromatic carbocycles. The molecule has 0 radical (unpaired) electrons. The Morgan fingerprint density at radius 1 is 1.53 bits per heavy atom. The van der Waals surface area contributed by atoms with E-state index in [1.807, 2.05) is 0 Å². The number of rotatable bonds is 4. The third-order valence-electron chi connectivity index (χ3n) is 2.09. The van der Waals surface area contributed by atoms with E-state index in [-0.39, 0.29) is 5.69 Å². The highest BCUT2D eigenvalue weighted by Crippen LogP contribution is 2.28. The van der Waals surface area contributed by atoms with Crippen molar-refractivity contribution in [2.45, 2.75) is 6.54 Å². The van der Waals surface area contributed by atoms with Gasteiger partial charge in [0.15, 0.2) is 0 Å². The molecule has 0 amide bonds. The lowest BCUT2D eigenvalue weighted by atomic mass is 10.3. The maximum absolute atomic E-state index is 10.7. The number of nitro benzene ring substituents is 1. The van der Waals surface area contributed by atoms with Gasteiger partial charge in [-0.25, -0.2) is 0 Å². The Bertz CT molecular complexity index is 530. The number of hydrogen-bond acceptors (Lipinski definition) is 5. The molecule has 17 heavy (non-hydrogen) atoms. The van der Waals surface area contributed by atoms with Crippen LogP contribution in [0.1, 0.15) is 4.88 Å². The Balaban J connectivity index is 2.11. The van der Waals surface area contributed by atoms with E-state index in [0.717, 1.165) is 4.88 Å². The van der Waals surface area contributed by atoms with Crippen LogP contribution in [0.2, 0.25) is 0 Å². The zero-order valence-electron chi connectivity index (χ0n) is 8.59. The van der Waals surface area contributed by atoms with E-state index in [1.165, 1.54) is 17.4 Å². The van der Waals surface area contributed by atoms with Crippen LogP contribution in [-0.2, 0) is 6.54 Å². The first kappa shape index (κ1) is 12.0. The lowest BCUT2D eigenvalue weighted by Crippen LogP contribution is -1.98. The molecular weight excluding hydrogens is 306 g/mol. The highest BCUT2D eigenvalue weighted by molar-refractivity contribution is 9.10. The van der Waals surface area contributed by atoms with E-state index in [1.54, 1.807) is 23.8 Å². The van der Waals surface area contributed by atoms with Gasteiger partial charge in [-0.3, -0.25) is 15.1 Å². The first-order valence-electron chi connectivity index (χ1n) is 4.72. The molecule has 1 aromatic heterocycles. The van der Waals surface area contributed by atoms with Crippen molar-refractivity contribution < 1.29 is 4.92 Å². The number of nitro groups is 1. The van der Waals surface area contributed by atoms with Crippen molar-refractivity contribution in [2.75, 3.05) is 5.32 Å². The lowest BCUT2D eigenvalue weighted by molar-refractivity contribution is -0.385. The van der Waals surface area contributed by atoms with Crippen LogP contribution in [0.3, 0.4) is 0 Å². The van der Waals surface area contributed by atoms with Crippen LogP contribution in [0.25, 0.3) is 0 Å². The van der Waals surface area contributed by atoms with E-state index in [4.69, 9.17) is 0 Å². The Morgan fingerprint density at radius 3 is 3.00 bits per heavy atom. The molecule has 0 bridgehead atoms. The van der Waals surface area contributed by atoms with E-state index in [2.05, 4.69) is 26.2 Å². The Morgan fingerprint density at radius 2 is 2.35 bits per heavy atom. The van der Waals surface area contributed by atoms with E-state index in [9.17, 15) is 10.1 Å². The second-order valence-electron chi connectivity index (χ2n) is 3.24. The molecule has 2 aromatic rings. The van der Waals surface area contributed by atoms with Gasteiger partial charge in [0.2, 0.25) is 0 Å². The summed E-state index contributed by atoms with van der Waals surface area (Å²) >= 11 is 4.68. The molecule has 0 unspecified atom stereocenters. The van der Waals surface area contributed by atoms with Crippen LogP contribution in [0.15, 0.2) is 34.4 Å². The fraction of sp³-hybridized carbons (Fsp3) is 0.100. The van der Waals surface area contributed by atoms with Gasteiger partial charge in [-0.1, -0.05) is 0 Å². The summed E-state index contributed by atoms with van der Waals surface area (Å²) in [5.74, 6) is 0. The molecule has 2 rings (SSSR count). The molecule has 1 heterocycles. The zero-order valence-corrected chi connectivity index (χ0v) is 11.0. The summed E-state index contributed by atoms with van der Waals surface area (Å²) in [5, 5.41) is 13.9. The molecule has 0 aliphatic carbocycles. The van der Waals surface area contributed by atoms with Gasteiger partial charge in [0.1, 0.15) is 0 Å². The third kappa shape index (κ3) is 3.01. The molecule has 7 heteroatoms. The number of halogens is 1. The maximum atomic E-state index is 10.7. The summed E-state index contributed by atoms with van der Waals surface area (Å²) in [4.78, 5) is 15.4. The minimum Gasteiger partial charge on any atom is -0.380 e. The first-order valence-corrected chi connectivity index (χ1v) is 6.39. The molecule has 88 valence electrons. The first-order chi connectivity index (χ1) is 8.16. The van der Waals surface area contributed by atoms with E-state index < -0.39 is 4.92 Å². The van der Waals surface area contributed by atoms with Crippen molar-refractivity contribution in [1.82, 2.24) is 4.98 Å². The van der Waals surface area contributed by atoms with Crippen LogP contribution in [0.4, 0.5) is 11.4 Å². The van der Waals surface area contributed by atoms with Gasteiger partial charge < -0.3 is 5.32 Å². The van der Waals surface area contributed by atoms with Crippen molar-refractivity contribution in [1.29, 1.82) is 0 Å². The van der Waals surface area contributed by atoms with Gasteiger partial charge in [-0.15, -0.1) is 11.3 Å². The standard InChI is InChI=1S/C10H8BrN3O2S/c11-9-2-1-7(3-10(9)14(15)16)13-5-8-4-12-6-17-8/h1-4,6,13H,5H2. The molecule has 0 aliphatic heterocycles. The fourth-order valence-electron chi connectivity index (χ4n) is 1.28. The molecule has 0 fully saturated rings. The summed E-state index contributed by atoms with van der Waals surface area (Å²) in [6.45, 7) is 0.615. The van der Waals surface area contributed by atoms with Crippen LogP contribution in [0.5, 0.6) is 0 Å². The quantitative estimate of drug-likeness (QED) is 0.693. The number of nitrogens with zero attached hydrogens (tertiary/aromatic N) is 2. The summed E-state index contributed by atoms with van der Waals surface area (Å²) < 4.78 is 0.478. The molecule has 0 atom stereocenters. The molecule has 0 spiro atoms. The van der Waals surface area contributed by atoms with Gasteiger partial charge in [0, 0.05) is 22.8 Å². The van der Waals surface area contributed by atoms with E-state index in [0.29, 0.717) is 16.7 Å². The molecule has 5 nitrogen and oxygen atoms in total. The largest absolute Gasteiger partial charge is 0.380 e. The van der Waals surface area contributed by atoms with Crippen molar-refractivity contribution in [2.24, 2.45) is 0 Å². The summed E-state index contributed by atoms with van der Waals surface area (Å²) in [5.41, 5.74) is 2.52. The summed E-state index contributed by atoms with van der Waals surface area (Å²) in [6.07, 6.45) is 1.77. The molecule has 1 N–H and O–H groups in total. The molecule has 0 saturated carbocycles. The average molecular weight is 314 g/mol. The predicted molar refractivity (Wildman–Crippen MR) is 70.2 cm³/mol. The topological polar surface area (TPSA) is 68.1 Å². The van der Waals surface area contributed by atoms with Crippen LogP contribution in [0, 0.1) is 10.1 Å². The van der Waals surface area contributed by atoms with Gasteiger partial charge in [0.05, 0.1) is 21.5 Å². The number of aromatic nitrogens is 1. The van der Waals surface area contributed by atoms with E-state index >= 15 is 0 Å². The van der Waals surface area contributed by atoms with Gasteiger partial charge >= 0.3 is 0 Å². The van der Waals surface area contributed by atoms with Gasteiger partial charge in [-0.2, -0.15) is 0 Å². The number of anilines is 1. The number of thiazole rings is 1. The van der Waals surface area contributed by atoms with Gasteiger partial charge in [-0.05, 0) is 28.1 Å². The average Bonchev–Trinajstić information content (AvgIpc) is 2.80. The minimum absolute atomic E-state index is 0.0549. The molecule has 0 saturated heterocycles. The minimum atomic E-state index is -0.415. The zero-order chi connectivity index (χ0) is 12.3. The predicted octanol–water partition coefficient (Wildman–Crippen LogP) is 3.43. The number of benzene rings is 1. The normalized spacial score (nSPS) is 10.2. The lowest BCUT2D eigenvalue weighted by Gasteiger charge is -2.04. The molecular formula is C10H8BrN3O2S. The third-order valence-corrected chi connectivity index (χ3v) is 3.54. The molecule has 0 aliphatic rings. The second kappa shape index (κ2) is 5.24.